The highest BCUT2D eigenvalue weighted by Gasteiger charge is 2.31. The number of hydrogen-bond donors (Lipinski definition) is 0. The monoisotopic (exact) mass is 375 g/mol. The van der Waals surface area contributed by atoms with Gasteiger partial charge in [0.05, 0.1) is 17.1 Å². The number of aromatic nitrogens is 1. The Bertz CT molecular complexity index is 944. The van der Waals surface area contributed by atoms with E-state index >= 15 is 0 Å². The molecule has 1 atom stereocenters. The van der Waals surface area contributed by atoms with Crippen LogP contribution in [0, 0.1) is 13.8 Å². The SMILES string of the molecule is Cc1cc(C(=O)COC(=O)c2ccccc2)c(C)n1[C@H]1CCS(=O)(=O)C1. The van der Waals surface area contributed by atoms with Gasteiger partial charge in [0, 0.05) is 23.0 Å². The van der Waals surface area contributed by atoms with Crippen molar-refractivity contribution < 1.29 is 22.7 Å². The smallest absolute Gasteiger partial charge is 0.338 e. The van der Waals surface area contributed by atoms with Gasteiger partial charge in [-0.3, -0.25) is 4.79 Å². The average molecular weight is 375 g/mol. The Morgan fingerprint density at radius 2 is 1.88 bits per heavy atom. The molecule has 1 aliphatic rings. The zero-order valence-corrected chi connectivity index (χ0v) is 15.6. The maximum absolute atomic E-state index is 12.5. The number of benzene rings is 1. The molecule has 0 N–H and O–H groups in total. The fourth-order valence-corrected chi connectivity index (χ4v) is 5.17. The summed E-state index contributed by atoms with van der Waals surface area (Å²) in [5, 5.41) is 0. The van der Waals surface area contributed by atoms with Gasteiger partial charge >= 0.3 is 5.97 Å². The Labute approximate surface area is 152 Å². The summed E-state index contributed by atoms with van der Waals surface area (Å²) in [4.78, 5) is 24.5. The van der Waals surface area contributed by atoms with Gasteiger partial charge in [-0.15, -0.1) is 0 Å². The summed E-state index contributed by atoms with van der Waals surface area (Å²) < 4.78 is 30.5. The highest BCUT2D eigenvalue weighted by Crippen LogP contribution is 2.29. The predicted molar refractivity (Wildman–Crippen MR) is 97.3 cm³/mol. The summed E-state index contributed by atoms with van der Waals surface area (Å²) in [5.74, 6) is -0.573. The number of carbonyl (C=O) groups excluding carboxylic acids is 2. The van der Waals surface area contributed by atoms with Crippen LogP contribution in [0.2, 0.25) is 0 Å². The minimum Gasteiger partial charge on any atom is -0.454 e. The van der Waals surface area contributed by atoms with Crippen molar-refractivity contribution in [1.29, 1.82) is 0 Å². The number of sulfone groups is 1. The second kappa shape index (κ2) is 7.07. The molecule has 0 radical (unpaired) electrons. The number of ketones is 1. The summed E-state index contributed by atoms with van der Waals surface area (Å²) in [6, 6.07) is 10.1. The van der Waals surface area contributed by atoms with Crippen LogP contribution in [0.1, 0.15) is 44.6 Å². The number of rotatable bonds is 5. The van der Waals surface area contributed by atoms with Crippen molar-refractivity contribution in [2.24, 2.45) is 0 Å². The molecule has 1 saturated heterocycles. The molecule has 138 valence electrons. The van der Waals surface area contributed by atoms with Crippen LogP contribution >= 0.6 is 0 Å². The number of Topliss-reactive ketones (excluding diaryl/α,β-unsaturated/α-hetero) is 1. The summed E-state index contributed by atoms with van der Waals surface area (Å²) in [7, 11) is -3.02. The highest BCUT2D eigenvalue weighted by molar-refractivity contribution is 7.91. The molecule has 1 fully saturated rings. The molecular weight excluding hydrogens is 354 g/mol. The summed E-state index contributed by atoms with van der Waals surface area (Å²) in [6.45, 7) is 3.30. The van der Waals surface area contributed by atoms with Gasteiger partial charge in [-0.2, -0.15) is 0 Å². The molecular formula is C19H21NO5S. The van der Waals surface area contributed by atoms with Crippen molar-refractivity contribution in [2.75, 3.05) is 18.1 Å². The van der Waals surface area contributed by atoms with Gasteiger partial charge in [0.1, 0.15) is 0 Å². The van der Waals surface area contributed by atoms with E-state index in [4.69, 9.17) is 4.74 Å². The first kappa shape index (κ1) is 18.4. The zero-order chi connectivity index (χ0) is 18.9. The van der Waals surface area contributed by atoms with E-state index in [9.17, 15) is 18.0 Å². The lowest BCUT2D eigenvalue weighted by Gasteiger charge is -2.16. The van der Waals surface area contributed by atoms with Gasteiger partial charge < -0.3 is 9.30 Å². The van der Waals surface area contributed by atoms with Crippen LogP contribution in [0.3, 0.4) is 0 Å². The zero-order valence-electron chi connectivity index (χ0n) is 14.8. The van der Waals surface area contributed by atoms with Gasteiger partial charge in [0.15, 0.2) is 16.4 Å². The van der Waals surface area contributed by atoms with Crippen molar-refractivity contribution in [1.82, 2.24) is 4.57 Å². The average Bonchev–Trinajstić information content (AvgIpc) is 3.11. The van der Waals surface area contributed by atoms with Crippen molar-refractivity contribution in [2.45, 2.75) is 26.3 Å². The molecule has 0 spiro atoms. The van der Waals surface area contributed by atoms with E-state index in [2.05, 4.69) is 0 Å². The van der Waals surface area contributed by atoms with Crippen molar-refractivity contribution in [3.63, 3.8) is 0 Å². The number of carbonyl (C=O) groups is 2. The molecule has 26 heavy (non-hydrogen) atoms. The van der Waals surface area contributed by atoms with Crippen LogP contribution in [0.5, 0.6) is 0 Å². The second-order valence-corrected chi connectivity index (χ2v) is 8.81. The van der Waals surface area contributed by atoms with E-state index < -0.39 is 15.8 Å². The van der Waals surface area contributed by atoms with Crippen LogP contribution in [-0.2, 0) is 14.6 Å². The maximum Gasteiger partial charge on any atom is 0.338 e. The Balaban J connectivity index is 1.72. The van der Waals surface area contributed by atoms with Gasteiger partial charge in [0.2, 0.25) is 5.78 Å². The number of esters is 1. The van der Waals surface area contributed by atoms with Crippen molar-refractivity contribution in [3.05, 3.63) is 58.9 Å². The second-order valence-electron chi connectivity index (χ2n) is 6.58. The first-order chi connectivity index (χ1) is 12.3. The maximum atomic E-state index is 12.5. The number of nitrogens with zero attached hydrogens (tertiary/aromatic N) is 1. The Morgan fingerprint density at radius 3 is 2.50 bits per heavy atom. The third-order valence-electron chi connectivity index (χ3n) is 4.70. The molecule has 1 aromatic heterocycles. The molecule has 0 aliphatic carbocycles. The third kappa shape index (κ3) is 3.72. The Hall–Kier alpha value is -2.41. The van der Waals surface area contributed by atoms with E-state index in [1.165, 1.54) is 0 Å². The first-order valence-corrected chi connectivity index (χ1v) is 10.2. The summed E-state index contributed by atoms with van der Waals surface area (Å²) in [6.07, 6.45) is 0.551. The molecule has 0 bridgehead atoms. The molecule has 6 nitrogen and oxygen atoms in total. The van der Waals surface area contributed by atoms with E-state index in [-0.39, 0.29) is 29.9 Å². The molecule has 2 aromatic rings. The van der Waals surface area contributed by atoms with E-state index in [0.717, 1.165) is 5.69 Å². The number of hydrogen-bond acceptors (Lipinski definition) is 5. The fraction of sp³-hybridized carbons (Fsp3) is 0.368. The third-order valence-corrected chi connectivity index (χ3v) is 6.45. The highest BCUT2D eigenvalue weighted by atomic mass is 32.2. The first-order valence-electron chi connectivity index (χ1n) is 8.43. The number of aryl methyl sites for hydroxylation is 1. The van der Waals surface area contributed by atoms with Crippen molar-refractivity contribution in [3.8, 4) is 0 Å². The van der Waals surface area contributed by atoms with Crippen LogP contribution in [0.4, 0.5) is 0 Å². The lowest BCUT2D eigenvalue weighted by atomic mass is 10.1. The molecule has 3 rings (SSSR count). The van der Waals surface area contributed by atoms with Crippen LogP contribution in [0.15, 0.2) is 36.4 Å². The lowest BCUT2D eigenvalue weighted by molar-refractivity contribution is 0.0474. The van der Waals surface area contributed by atoms with Crippen LogP contribution in [-0.4, -0.2) is 42.9 Å². The normalized spacial score (nSPS) is 18.6. The molecule has 1 aromatic carbocycles. The van der Waals surface area contributed by atoms with E-state index in [1.807, 2.05) is 11.5 Å². The largest absolute Gasteiger partial charge is 0.454 e. The summed E-state index contributed by atoms with van der Waals surface area (Å²) in [5.41, 5.74) is 2.40. The predicted octanol–water partition coefficient (Wildman–Crippen LogP) is 2.50. The van der Waals surface area contributed by atoms with Crippen molar-refractivity contribution >= 4 is 21.6 Å². The molecule has 0 unspecified atom stereocenters. The minimum absolute atomic E-state index is 0.0972. The van der Waals surface area contributed by atoms with Gasteiger partial charge in [0.25, 0.3) is 0 Å². The van der Waals surface area contributed by atoms with Crippen LogP contribution < -0.4 is 0 Å². The standard InChI is InChI=1S/C19H21NO5S/c1-13-10-17(14(2)20(13)16-8-9-26(23,24)12-16)18(21)11-25-19(22)15-6-4-3-5-7-15/h3-7,10,16H,8-9,11-12H2,1-2H3/t16-/m0/s1. The Kier molecular flexibility index (Phi) is 5.00. The summed E-state index contributed by atoms with van der Waals surface area (Å²) >= 11 is 0. The molecule has 1 aliphatic heterocycles. The van der Waals surface area contributed by atoms with Gasteiger partial charge in [-0.25, -0.2) is 13.2 Å². The lowest BCUT2D eigenvalue weighted by Crippen LogP contribution is -2.17. The molecule has 0 saturated carbocycles. The topological polar surface area (TPSA) is 82.4 Å². The molecule has 7 heteroatoms. The Morgan fingerprint density at radius 1 is 1.19 bits per heavy atom. The van der Waals surface area contributed by atoms with E-state index in [1.54, 1.807) is 43.3 Å². The van der Waals surface area contributed by atoms with Gasteiger partial charge in [-0.1, -0.05) is 18.2 Å². The molecule has 2 heterocycles. The number of ether oxygens (including phenoxy) is 1. The molecule has 0 amide bonds. The fourth-order valence-electron chi connectivity index (χ4n) is 3.47. The quantitative estimate of drug-likeness (QED) is 0.592. The minimum atomic E-state index is -3.02. The van der Waals surface area contributed by atoms with Gasteiger partial charge in [-0.05, 0) is 38.5 Å². The van der Waals surface area contributed by atoms with Crippen LogP contribution in [0.25, 0.3) is 0 Å². The van der Waals surface area contributed by atoms with E-state index in [0.29, 0.717) is 23.2 Å².